The number of para-hydroxylation sites is 1. The van der Waals surface area contributed by atoms with Crippen LogP contribution in [0.2, 0.25) is 0 Å². The van der Waals surface area contributed by atoms with Crippen LogP contribution in [0.1, 0.15) is 38.7 Å². The molecular formula is C17H25NO2. The zero-order chi connectivity index (χ0) is 14.5. The van der Waals surface area contributed by atoms with Gasteiger partial charge in [0.15, 0.2) is 0 Å². The number of hydrogen-bond acceptors (Lipinski definition) is 2. The van der Waals surface area contributed by atoms with Crippen LogP contribution in [0.5, 0.6) is 5.75 Å². The normalized spacial score (nSPS) is 18.6. The highest BCUT2D eigenvalue weighted by molar-refractivity contribution is 5.77. The van der Waals surface area contributed by atoms with Crippen LogP contribution >= 0.6 is 0 Å². The van der Waals surface area contributed by atoms with Crippen LogP contribution in [0.15, 0.2) is 24.3 Å². The molecule has 0 radical (unpaired) electrons. The third-order valence-corrected chi connectivity index (χ3v) is 4.19. The monoisotopic (exact) mass is 275 g/mol. The zero-order valence-electron chi connectivity index (χ0n) is 12.8. The van der Waals surface area contributed by atoms with Crippen molar-refractivity contribution in [2.75, 3.05) is 13.7 Å². The van der Waals surface area contributed by atoms with Crippen molar-refractivity contribution in [3.63, 3.8) is 0 Å². The largest absolute Gasteiger partial charge is 0.496 e. The van der Waals surface area contributed by atoms with Crippen molar-refractivity contribution in [3.8, 4) is 5.75 Å². The Morgan fingerprint density at radius 1 is 1.40 bits per heavy atom. The molecule has 0 aliphatic carbocycles. The minimum Gasteiger partial charge on any atom is -0.496 e. The van der Waals surface area contributed by atoms with E-state index >= 15 is 0 Å². The topological polar surface area (TPSA) is 29.5 Å². The maximum absolute atomic E-state index is 12.4. The number of benzene rings is 1. The molecule has 2 rings (SSSR count). The van der Waals surface area contributed by atoms with Gasteiger partial charge < -0.3 is 9.64 Å². The van der Waals surface area contributed by atoms with Gasteiger partial charge in [-0.2, -0.15) is 0 Å². The first kappa shape index (κ1) is 14.9. The molecule has 0 saturated carbocycles. The van der Waals surface area contributed by atoms with Crippen molar-refractivity contribution >= 4 is 5.91 Å². The third kappa shape index (κ3) is 3.33. The van der Waals surface area contributed by atoms with Crippen LogP contribution in [0.3, 0.4) is 0 Å². The average Bonchev–Trinajstić information content (AvgIpc) is 2.94. The Labute approximate surface area is 121 Å². The van der Waals surface area contributed by atoms with Gasteiger partial charge in [-0.1, -0.05) is 32.0 Å². The van der Waals surface area contributed by atoms with Gasteiger partial charge in [0, 0.05) is 19.0 Å². The number of ether oxygens (including phenoxy) is 1. The lowest BCUT2D eigenvalue weighted by atomic mass is 10.0. The standard InChI is InChI=1S/C17H25NO2/c1-13(2)15-8-6-12-18(15)17(19)11-10-14-7-4-5-9-16(14)20-3/h4-5,7,9,13,15H,6,8,10-12H2,1-3H3. The first-order chi connectivity index (χ1) is 9.63. The highest BCUT2D eigenvalue weighted by Gasteiger charge is 2.30. The Balaban J connectivity index is 1.95. The molecule has 3 heteroatoms. The number of aryl methyl sites for hydroxylation is 1. The second-order valence-electron chi connectivity index (χ2n) is 5.85. The van der Waals surface area contributed by atoms with E-state index in [1.807, 2.05) is 24.3 Å². The molecule has 1 unspecified atom stereocenters. The molecule has 110 valence electrons. The summed E-state index contributed by atoms with van der Waals surface area (Å²) in [6.07, 6.45) is 3.62. The minimum atomic E-state index is 0.284. The molecule has 1 amide bonds. The number of methoxy groups -OCH3 is 1. The number of rotatable bonds is 5. The van der Waals surface area contributed by atoms with E-state index in [-0.39, 0.29) is 5.91 Å². The molecule has 1 fully saturated rings. The van der Waals surface area contributed by atoms with E-state index in [9.17, 15) is 4.79 Å². The second-order valence-corrected chi connectivity index (χ2v) is 5.85. The van der Waals surface area contributed by atoms with Gasteiger partial charge in [0.05, 0.1) is 7.11 Å². The number of likely N-dealkylation sites (tertiary alicyclic amines) is 1. The fourth-order valence-corrected chi connectivity index (χ4v) is 3.09. The molecule has 1 saturated heterocycles. The summed E-state index contributed by atoms with van der Waals surface area (Å²) in [5.74, 6) is 1.71. The van der Waals surface area contributed by atoms with E-state index in [1.54, 1.807) is 7.11 Å². The number of nitrogens with zero attached hydrogens (tertiary/aromatic N) is 1. The number of hydrogen-bond donors (Lipinski definition) is 0. The van der Waals surface area contributed by atoms with Crippen molar-refractivity contribution in [2.45, 2.75) is 45.6 Å². The maximum atomic E-state index is 12.4. The van der Waals surface area contributed by atoms with Crippen molar-refractivity contribution in [1.82, 2.24) is 4.90 Å². The quantitative estimate of drug-likeness (QED) is 0.825. The van der Waals surface area contributed by atoms with Gasteiger partial charge in [0.1, 0.15) is 5.75 Å². The Bertz CT molecular complexity index is 456. The van der Waals surface area contributed by atoms with E-state index in [0.29, 0.717) is 18.4 Å². The Morgan fingerprint density at radius 2 is 2.15 bits per heavy atom. The summed E-state index contributed by atoms with van der Waals surface area (Å²) in [5.41, 5.74) is 1.11. The molecular weight excluding hydrogens is 250 g/mol. The number of amides is 1. The highest BCUT2D eigenvalue weighted by atomic mass is 16.5. The number of carbonyl (C=O) groups is 1. The SMILES string of the molecule is COc1ccccc1CCC(=O)N1CCCC1C(C)C. The Hall–Kier alpha value is -1.51. The fourth-order valence-electron chi connectivity index (χ4n) is 3.09. The van der Waals surface area contributed by atoms with Crippen LogP contribution in [0.4, 0.5) is 0 Å². The average molecular weight is 275 g/mol. The lowest BCUT2D eigenvalue weighted by molar-refractivity contribution is -0.132. The van der Waals surface area contributed by atoms with Crippen molar-refractivity contribution in [1.29, 1.82) is 0 Å². The predicted molar refractivity (Wildman–Crippen MR) is 80.9 cm³/mol. The fraction of sp³-hybridized carbons (Fsp3) is 0.588. The summed E-state index contributed by atoms with van der Waals surface area (Å²) >= 11 is 0. The molecule has 1 aliphatic rings. The summed E-state index contributed by atoms with van der Waals surface area (Å²) < 4.78 is 5.34. The van der Waals surface area contributed by atoms with E-state index < -0.39 is 0 Å². The van der Waals surface area contributed by atoms with Crippen LogP contribution < -0.4 is 4.74 Å². The molecule has 0 bridgehead atoms. The molecule has 0 aromatic heterocycles. The highest BCUT2D eigenvalue weighted by Crippen LogP contribution is 2.25. The van der Waals surface area contributed by atoms with Crippen LogP contribution in [0.25, 0.3) is 0 Å². The molecule has 3 nitrogen and oxygen atoms in total. The second kappa shape index (κ2) is 6.78. The first-order valence-electron chi connectivity index (χ1n) is 7.55. The minimum absolute atomic E-state index is 0.284. The summed E-state index contributed by atoms with van der Waals surface area (Å²) in [6, 6.07) is 8.37. The van der Waals surface area contributed by atoms with E-state index in [4.69, 9.17) is 4.74 Å². The van der Waals surface area contributed by atoms with E-state index in [1.165, 1.54) is 0 Å². The lowest BCUT2D eigenvalue weighted by Crippen LogP contribution is -2.38. The van der Waals surface area contributed by atoms with Crippen LogP contribution in [-0.4, -0.2) is 30.5 Å². The zero-order valence-corrected chi connectivity index (χ0v) is 12.8. The predicted octanol–water partition coefficient (Wildman–Crippen LogP) is 3.27. The van der Waals surface area contributed by atoms with Gasteiger partial charge in [0.2, 0.25) is 5.91 Å². The molecule has 1 heterocycles. The maximum Gasteiger partial charge on any atom is 0.223 e. The van der Waals surface area contributed by atoms with Crippen molar-refractivity contribution < 1.29 is 9.53 Å². The molecule has 0 spiro atoms. The van der Waals surface area contributed by atoms with Crippen molar-refractivity contribution in [3.05, 3.63) is 29.8 Å². The van der Waals surface area contributed by atoms with Gasteiger partial charge in [-0.3, -0.25) is 4.79 Å². The van der Waals surface area contributed by atoms with Gasteiger partial charge in [-0.05, 0) is 36.8 Å². The molecule has 1 aliphatic heterocycles. The van der Waals surface area contributed by atoms with Crippen LogP contribution in [-0.2, 0) is 11.2 Å². The smallest absolute Gasteiger partial charge is 0.223 e. The summed E-state index contributed by atoms with van der Waals surface area (Å²) in [7, 11) is 1.68. The van der Waals surface area contributed by atoms with E-state index in [2.05, 4.69) is 18.7 Å². The molecule has 1 atom stereocenters. The Kier molecular flexibility index (Phi) is 5.05. The summed E-state index contributed by atoms with van der Waals surface area (Å²) in [6.45, 7) is 5.33. The van der Waals surface area contributed by atoms with Gasteiger partial charge >= 0.3 is 0 Å². The third-order valence-electron chi connectivity index (χ3n) is 4.19. The van der Waals surface area contributed by atoms with Gasteiger partial charge in [-0.15, -0.1) is 0 Å². The van der Waals surface area contributed by atoms with Crippen molar-refractivity contribution in [2.24, 2.45) is 5.92 Å². The summed E-state index contributed by atoms with van der Waals surface area (Å²) in [5, 5.41) is 0. The molecule has 20 heavy (non-hydrogen) atoms. The van der Waals surface area contributed by atoms with E-state index in [0.717, 1.165) is 37.1 Å². The molecule has 0 N–H and O–H groups in total. The lowest BCUT2D eigenvalue weighted by Gasteiger charge is -2.27. The van der Waals surface area contributed by atoms with Gasteiger partial charge in [0.25, 0.3) is 0 Å². The summed E-state index contributed by atoms with van der Waals surface area (Å²) in [4.78, 5) is 14.5. The Morgan fingerprint density at radius 3 is 2.85 bits per heavy atom. The molecule has 1 aromatic carbocycles. The van der Waals surface area contributed by atoms with Gasteiger partial charge in [-0.25, -0.2) is 0 Å². The number of carbonyl (C=O) groups excluding carboxylic acids is 1. The first-order valence-corrected chi connectivity index (χ1v) is 7.55. The van der Waals surface area contributed by atoms with Crippen LogP contribution in [0, 0.1) is 5.92 Å². The molecule has 1 aromatic rings.